The van der Waals surface area contributed by atoms with Crippen LogP contribution < -0.4 is 0 Å². The van der Waals surface area contributed by atoms with Crippen LogP contribution in [0.3, 0.4) is 0 Å². The van der Waals surface area contributed by atoms with Gasteiger partial charge in [0.1, 0.15) is 5.01 Å². The summed E-state index contributed by atoms with van der Waals surface area (Å²) in [5, 5.41) is 2.91. The molecular formula is C24H25N3O2S. The quantitative estimate of drug-likeness (QED) is 0.630. The maximum absolute atomic E-state index is 12.7. The number of hydrogen-bond donors (Lipinski definition) is 0. The van der Waals surface area contributed by atoms with Crippen molar-refractivity contribution < 1.29 is 9.59 Å². The minimum Gasteiger partial charge on any atom is -0.339 e. The predicted molar refractivity (Wildman–Crippen MR) is 120 cm³/mol. The second-order valence-electron chi connectivity index (χ2n) is 7.41. The predicted octanol–water partition coefficient (Wildman–Crippen LogP) is 3.90. The standard InChI is InChI=1S/C24H25N3O2S/c1-2-18-8-10-19(11-9-18)23-25-21(17-30-23)16-22(28)26-12-14-27(15-13-26)24(29)20-6-4-3-5-7-20/h3-11,17H,2,12-16H2,1H3. The average Bonchev–Trinajstić information content (AvgIpc) is 3.27. The molecule has 0 N–H and O–H groups in total. The first kappa shape index (κ1) is 20.3. The van der Waals surface area contributed by atoms with Gasteiger partial charge in [0.25, 0.3) is 5.91 Å². The van der Waals surface area contributed by atoms with Crippen molar-refractivity contribution in [2.75, 3.05) is 26.2 Å². The Labute approximate surface area is 181 Å². The first-order chi connectivity index (χ1) is 14.6. The molecule has 30 heavy (non-hydrogen) atoms. The van der Waals surface area contributed by atoms with E-state index in [2.05, 4.69) is 36.2 Å². The molecule has 1 aromatic heterocycles. The maximum atomic E-state index is 12.7. The Balaban J connectivity index is 1.32. The van der Waals surface area contributed by atoms with Crippen LogP contribution in [0.4, 0.5) is 0 Å². The van der Waals surface area contributed by atoms with Gasteiger partial charge in [-0.3, -0.25) is 9.59 Å². The van der Waals surface area contributed by atoms with Crippen LogP contribution in [0, 0.1) is 0 Å². The van der Waals surface area contributed by atoms with Gasteiger partial charge in [-0.15, -0.1) is 11.3 Å². The molecule has 2 aromatic carbocycles. The lowest BCUT2D eigenvalue weighted by molar-refractivity contribution is -0.132. The highest BCUT2D eigenvalue weighted by atomic mass is 32.1. The van der Waals surface area contributed by atoms with Crippen LogP contribution in [0.1, 0.15) is 28.5 Å². The Hall–Kier alpha value is -2.99. The summed E-state index contributed by atoms with van der Waals surface area (Å²) in [6, 6.07) is 17.7. The van der Waals surface area contributed by atoms with E-state index in [9.17, 15) is 9.59 Å². The van der Waals surface area contributed by atoms with Crippen LogP contribution in [0.15, 0.2) is 60.0 Å². The third-order valence-electron chi connectivity index (χ3n) is 5.43. The van der Waals surface area contributed by atoms with Gasteiger partial charge in [0.15, 0.2) is 0 Å². The molecule has 154 valence electrons. The monoisotopic (exact) mass is 419 g/mol. The molecule has 1 aliphatic rings. The Bertz CT molecular complexity index is 1010. The van der Waals surface area contributed by atoms with Crippen molar-refractivity contribution in [2.45, 2.75) is 19.8 Å². The van der Waals surface area contributed by atoms with E-state index < -0.39 is 0 Å². The summed E-state index contributed by atoms with van der Waals surface area (Å²) in [7, 11) is 0. The first-order valence-corrected chi connectivity index (χ1v) is 11.2. The molecule has 5 nitrogen and oxygen atoms in total. The van der Waals surface area contributed by atoms with Crippen LogP contribution >= 0.6 is 11.3 Å². The van der Waals surface area contributed by atoms with Gasteiger partial charge in [0, 0.05) is 42.7 Å². The minimum atomic E-state index is 0.0286. The van der Waals surface area contributed by atoms with Crippen LogP contribution in [0.2, 0.25) is 0 Å². The SMILES string of the molecule is CCc1ccc(-c2nc(CC(=O)N3CCN(C(=O)c4ccccc4)CC3)cs2)cc1. The number of aromatic nitrogens is 1. The molecule has 3 aromatic rings. The summed E-state index contributed by atoms with van der Waals surface area (Å²) in [6.07, 6.45) is 1.32. The lowest BCUT2D eigenvalue weighted by Crippen LogP contribution is -2.51. The van der Waals surface area contributed by atoms with Gasteiger partial charge in [-0.2, -0.15) is 0 Å². The Kier molecular flexibility index (Phi) is 6.23. The largest absolute Gasteiger partial charge is 0.339 e. The molecule has 0 radical (unpaired) electrons. The number of hydrogen-bond acceptors (Lipinski definition) is 4. The van der Waals surface area contributed by atoms with Gasteiger partial charge in [0.2, 0.25) is 5.91 Å². The second kappa shape index (κ2) is 9.22. The van der Waals surface area contributed by atoms with Crippen LogP contribution in [-0.2, 0) is 17.6 Å². The van der Waals surface area contributed by atoms with Gasteiger partial charge in [-0.25, -0.2) is 4.98 Å². The second-order valence-corrected chi connectivity index (χ2v) is 8.27. The molecule has 0 spiro atoms. The summed E-state index contributed by atoms with van der Waals surface area (Å²) in [5.74, 6) is 0.0981. The number of nitrogens with zero attached hydrogens (tertiary/aromatic N) is 3. The molecule has 2 heterocycles. The van der Waals surface area contributed by atoms with Crippen molar-refractivity contribution in [2.24, 2.45) is 0 Å². The highest BCUT2D eigenvalue weighted by molar-refractivity contribution is 7.13. The molecule has 1 saturated heterocycles. The third-order valence-corrected chi connectivity index (χ3v) is 6.37. The molecule has 0 unspecified atom stereocenters. The molecule has 6 heteroatoms. The van der Waals surface area contributed by atoms with E-state index in [1.165, 1.54) is 5.56 Å². The number of carbonyl (C=O) groups excluding carboxylic acids is 2. The number of piperazine rings is 1. The molecular weight excluding hydrogens is 394 g/mol. The molecule has 4 rings (SSSR count). The minimum absolute atomic E-state index is 0.0286. The van der Waals surface area contributed by atoms with E-state index in [1.54, 1.807) is 11.3 Å². The van der Waals surface area contributed by atoms with E-state index in [1.807, 2.05) is 45.5 Å². The number of aryl methyl sites for hydroxylation is 1. The van der Waals surface area contributed by atoms with Crippen LogP contribution in [-0.4, -0.2) is 52.8 Å². The summed E-state index contributed by atoms with van der Waals surface area (Å²) in [4.78, 5) is 33.6. The Morgan fingerprint density at radius 1 is 0.933 bits per heavy atom. The van der Waals surface area contributed by atoms with E-state index in [-0.39, 0.29) is 11.8 Å². The van der Waals surface area contributed by atoms with Gasteiger partial charge in [0.05, 0.1) is 12.1 Å². The van der Waals surface area contributed by atoms with Crippen molar-refractivity contribution in [3.8, 4) is 10.6 Å². The maximum Gasteiger partial charge on any atom is 0.253 e. The number of amides is 2. The smallest absolute Gasteiger partial charge is 0.253 e. The van der Waals surface area contributed by atoms with Crippen molar-refractivity contribution in [3.63, 3.8) is 0 Å². The third kappa shape index (κ3) is 4.60. The van der Waals surface area contributed by atoms with E-state index in [0.717, 1.165) is 22.7 Å². The number of carbonyl (C=O) groups is 2. The van der Waals surface area contributed by atoms with Crippen molar-refractivity contribution in [3.05, 3.63) is 76.8 Å². The van der Waals surface area contributed by atoms with Gasteiger partial charge < -0.3 is 9.80 Å². The molecule has 1 fully saturated rings. The lowest BCUT2D eigenvalue weighted by Gasteiger charge is -2.34. The zero-order valence-electron chi connectivity index (χ0n) is 17.1. The fourth-order valence-electron chi connectivity index (χ4n) is 3.59. The van der Waals surface area contributed by atoms with E-state index in [4.69, 9.17) is 0 Å². The highest BCUT2D eigenvalue weighted by Crippen LogP contribution is 2.24. The summed E-state index contributed by atoms with van der Waals surface area (Å²) >= 11 is 1.57. The van der Waals surface area contributed by atoms with Crippen molar-refractivity contribution >= 4 is 23.2 Å². The normalized spacial score (nSPS) is 14.0. The highest BCUT2D eigenvalue weighted by Gasteiger charge is 2.25. The van der Waals surface area contributed by atoms with Crippen molar-refractivity contribution in [1.29, 1.82) is 0 Å². The molecule has 1 aliphatic heterocycles. The van der Waals surface area contributed by atoms with Gasteiger partial charge in [-0.05, 0) is 24.1 Å². The first-order valence-electron chi connectivity index (χ1n) is 10.3. The fraction of sp³-hybridized carbons (Fsp3) is 0.292. The van der Waals surface area contributed by atoms with Crippen molar-refractivity contribution in [1.82, 2.24) is 14.8 Å². The summed E-state index contributed by atoms with van der Waals surface area (Å²) < 4.78 is 0. The van der Waals surface area contributed by atoms with Gasteiger partial charge in [-0.1, -0.05) is 49.4 Å². The molecule has 0 bridgehead atoms. The zero-order chi connectivity index (χ0) is 20.9. The molecule has 0 atom stereocenters. The number of benzene rings is 2. The van der Waals surface area contributed by atoms with E-state index >= 15 is 0 Å². The summed E-state index contributed by atoms with van der Waals surface area (Å²) in [6.45, 7) is 4.39. The average molecular weight is 420 g/mol. The lowest BCUT2D eigenvalue weighted by atomic mass is 10.1. The summed E-state index contributed by atoms with van der Waals surface area (Å²) in [5.41, 5.74) is 3.89. The van der Waals surface area contributed by atoms with E-state index in [0.29, 0.717) is 38.2 Å². The van der Waals surface area contributed by atoms with Crippen LogP contribution in [0.5, 0.6) is 0 Å². The Morgan fingerprint density at radius 2 is 1.60 bits per heavy atom. The number of rotatable bonds is 5. The van der Waals surface area contributed by atoms with Gasteiger partial charge >= 0.3 is 0 Å². The topological polar surface area (TPSA) is 53.5 Å². The van der Waals surface area contributed by atoms with Crippen LogP contribution in [0.25, 0.3) is 10.6 Å². The Morgan fingerprint density at radius 3 is 2.27 bits per heavy atom. The molecule has 0 saturated carbocycles. The molecule has 2 amide bonds. The zero-order valence-corrected chi connectivity index (χ0v) is 17.9. The molecule has 0 aliphatic carbocycles. The fourth-order valence-corrected chi connectivity index (χ4v) is 4.42. The number of thiazole rings is 1.